The molecular weight excluding hydrogens is 210 g/mol. The first-order chi connectivity index (χ1) is 7.83. The second-order valence-corrected chi connectivity index (χ2v) is 4.00. The number of aliphatic hydroxyl groups excluding tert-OH is 1. The van der Waals surface area contributed by atoms with E-state index in [0.29, 0.717) is 26.4 Å². The lowest BCUT2D eigenvalue weighted by Gasteiger charge is -2.24. The number of methoxy groups -OCH3 is 1. The van der Waals surface area contributed by atoms with Crippen LogP contribution in [0.2, 0.25) is 0 Å². The Kier molecular flexibility index (Phi) is 7.71. The molecule has 0 aromatic rings. The molecule has 1 fully saturated rings. The van der Waals surface area contributed by atoms with E-state index in [2.05, 4.69) is 5.32 Å². The minimum absolute atomic E-state index is 0.287. The Hall–Kier alpha value is -0.200. The molecule has 1 aliphatic rings. The molecule has 1 atom stereocenters. The highest BCUT2D eigenvalue weighted by Gasteiger charge is 2.15. The van der Waals surface area contributed by atoms with Crippen LogP contribution in [0.5, 0.6) is 0 Å². The molecule has 1 unspecified atom stereocenters. The van der Waals surface area contributed by atoms with E-state index in [-0.39, 0.29) is 6.10 Å². The Labute approximate surface area is 97.1 Å². The maximum absolute atomic E-state index is 9.57. The van der Waals surface area contributed by atoms with Crippen molar-refractivity contribution in [2.24, 2.45) is 0 Å². The SMILES string of the molecule is COCCOCC(O)COC1CCNCC1. The summed E-state index contributed by atoms with van der Waals surface area (Å²) in [6.45, 7) is 3.75. The van der Waals surface area contributed by atoms with Crippen LogP contribution in [0.3, 0.4) is 0 Å². The third-order valence-corrected chi connectivity index (χ3v) is 2.55. The minimum atomic E-state index is -0.535. The summed E-state index contributed by atoms with van der Waals surface area (Å²) in [4.78, 5) is 0. The third kappa shape index (κ3) is 6.40. The van der Waals surface area contributed by atoms with Crippen molar-refractivity contribution in [3.63, 3.8) is 0 Å². The molecule has 1 saturated heterocycles. The smallest absolute Gasteiger partial charge is 0.101 e. The van der Waals surface area contributed by atoms with Crippen molar-refractivity contribution in [1.82, 2.24) is 5.32 Å². The topological polar surface area (TPSA) is 60.0 Å². The molecule has 16 heavy (non-hydrogen) atoms. The van der Waals surface area contributed by atoms with Crippen molar-refractivity contribution in [2.45, 2.75) is 25.0 Å². The Balaban J connectivity index is 1.94. The van der Waals surface area contributed by atoms with E-state index in [0.717, 1.165) is 25.9 Å². The van der Waals surface area contributed by atoms with Gasteiger partial charge in [-0.05, 0) is 25.9 Å². The van der Waals surface area contributed by atoms with Crippen LogP contribution >= 0.6 is 0 Å². The van der Waals surface area contributed by atoms with E-state index in [1.54, 1.807) is 7.11 Å². The van der Waals surface area contributed by atoms with Gasteiger partial charge in [0.05, 0.1) is 32.5 Å². The number of ether oxygens (including phenoxy) is 3. The number of rotatable bonds is 8. The minimum Gasteiger partial charge on any atom is -0.388 e. The quantitative estimate of drug-likeness (QED) is 0.568. The highest BCUT2D eigenvalue weighted by Crippen LogP contribution is 2.07. The summed E-state index contributed by atoms with van der Waals surface area (Å²) < 4.78 is 15.6. The molecular formula is C11H23NO4. The Morgan fingerprint density at radius 2 is 2.00 bits per heavy atom. The van der Waals surface area contributed by atoms with Crippen molar-refractivity contribution in [3.8, 4) is 0 Å². The number of aliphatic hydroxyl groups is 1. The summed E-state index contributed by atoms with van der Waals surface area (Å²) >= 11 is 0. The average molecular weight is 233 g/mol. The summed E-state index contributed by atoms with van der Waals surface area (Å²) in [6.07, 6.45) is 1.80. The summed E-state index contributed by atoms with van der Waals surface area (Å²) in [7, 11) is 1.63. The molecule has 0 radical (unpaired) electrons. The van der Waals surface area contributed by atoms with Crippen LogP contribution in [-0.2, 0) is 14.2 Å². The van der Waals surface area contributed by atoms with E-state index in [4.69, 9.17) is 14.2 Å². The van der Waals surface area contributed by atoms with Gasteiger partial charge in [-0.15, -0.1) is 0 Å². The van der Waals surface area contributed by atoms with Gasteiger partial charge in [-0.1, -0.05) is 0 Å². The van der Waals surface area contributed by atoms with Crippen LogP contribution in [-0.4, -0.2) is 63.9 Å². The van der Waals surface area contributed by atoms with Crippen LogP contribution in [0.15, 0.2) is 0 Å². The van der Waals surface area contributed by atoms with Gasteiger partial charge in [0.1, 0.15) is 6.10 Å². The maximum atomic E-state index is 9.57. The van der Waals surface area contributed by atoms with Gasteiger partial charge in [-0.3, -0.25) is 0 Å². The molecule has 1 heterocycles. The predicted molar refractivity (Wildman–Crippen MR) is 60.5 cm³/mol. The zero-order valence-corrected chi connectivity index (χ0v) is 9.98. The highest BCUT2D eigenvalue weighted by atomic mass is 16.5. The molecule has 0 aliphatic carbocycles. The molecule has 1 rings (SSSR count). The van der Waals surface area contributed by atoms with Crippen LogP contribution in [0, 0.1) is 0 Å². The van der Waals surface area contributed by atoms with Crippen LogP contribution < -0.4 is 5.32 Å². The lowest BCUT2D eigenvalue weighted by molar-refractivity contribution is -0.0557. The Bertz CT molecular complexity index is 162. The highest BCUT2D eigenvalue weighted by molar-refractivity contribution is 4.68. The second kappa shape index (κ2) is 8.90. The van der Waals surface area contributed by atoms with Crippen LogP contribution in [0.25, 0.3) is 0 Å². The van der Waals surface area contributed by atoms with Crippen molar-refractivity contribution in [1.29, 1.82) is 0 Å². The summed E-state index contributed by atoms with van der Waals surface area (Å²) in [5, 5.41) is 12.8. The average Bonchev–Trinajstić information content (AvgIpc) is 2.33. The Morgan fingerprint density at radius 1 is 1.25 bits per heavy atom. The van der Waals surface area contributed by atoms with Crippen LogP contribution in [0.4, 0.5) is 0 Å². The molecule has 5 heteroatoms. The van der Waals surface area contributed by atoms with Gasteiger partial charge in [-0.2, -0.15) is 0 Å². The number of hydrogen-bond acceptors (Lipinski definition) is 5. The van der Waals surface area contributed by atoms with E-state index in [1.165, 1.54) is 0 Å². The standard InChI is InChI=1S/C11H23NO4/c1-14-6-7-15-8-10(13)9-16-11-2-4-12-5-3-11/h10-13H,2-9H2,1H3. The molecule has 0 amide bonds. The van der Waals surface area contributed by atoms with Gasteiger partial charge in [0.15, 0.2) is 0 Å². The largest absolute Gasteiger partial charge is 0.388 e. The number of piperidine rings is 1. The molecule has 0 aromatic heterocycles. The molecule has 0 bridgehead atoms. The van der Waals surface area contributed by atoms with Gasteiger partial charge in [0.2, 0.25) is 0 Å². The second-order valence-electron chi connectivity index (χ2n) is 4.00. The van der Waals surface area contributed by atoms with Crippen molar-refractivity contribution in [3.05, 3.63) is 0 Å². The molecule has 0 spiro atoms. The van der Waals surface area contributed by atoms with Crippen molar-refractivity contribution in [2.75, 3.05) is 46.6 Å². The lowest BCUT2D eigenvalue weighted by Crippen LogP contribution is -2.34. The third-order valence-electron chi connectivity index (χ3n) is 2.55. The van der Waals surface area contributed by atoms with Crippen molar-refractivity contribution < 1.29 is 19.3 Å². The van der Waals surface area contributed by atoms with E-state index < -0.39 is 6.10 Å². The van der Waals surface area contributed by atoms with E-state index in [9.17, 15) is 5.11 Å². The lowest BCUT2D eigenvalue weighted by atomic mass is 10.1. The van der Waals surface area contributed by atoms with Crippen molar-refractivity contribution >= 4 is 0 Å². The van der Waals surface area contributed by atoms with Crippen LogP contribution in [0.1, 0.15) is 12.8 Å². The first kappa shape index (κ1) is 13.9. The molecule has 0 saturated carbocycles. The maximum Gasteiger partial charge on any atom is 0.101 e. The molecule has 2 N–H and O–H groups in total. The van der Waals surface area contributed by atoms with Gasteiger partial charge in [0, 0.05) is 7.11 Å². The van der Waals surface area contributed by atoms with Gasteiger partial charge in [-0.25, -0.2) is 0 Å². The normalized spacial score (nSPS) is 19.9. The summed E-state index contributed by atoms with van der Waals surface area (Å²) in [5.74, 6) is 0. The summed E-state index contributed by atoms with van der Waals surface area (Å²) in [6, 6.07) is 0. The predicted octanol–water partition coefficient (Wildman–Crippen LogP) is -0.221. The zero-order chi connectivity index (χ0) is 11.6. The zero-order valence-electron chi connectivity index (χ0n) is 9.98. The van der Waals surface area contributed by atoms with Gasteiger partial charge >= 0.3 is 0 Å². The number of hydrogen-bond donors (Lipinski definition) is 2. The first-order valence-electron chi connectivity index (χ1n) is 5.90. The molecule has 1 aliphatic heterocycles. The first-order valence-corrected chi connectivity index (χ1v) is 5.90. The number of nitrogens with one attached hydrogen (secondary N) is 1. The monoisotopic (exact) mass is 233 g/mol. The fourth-order valence-corrected chi connectivity index (χ4v) is 1.62. The van der Waals surface area contributed by atoms with Gasteiger partial charge < -0.3 is 24.6 Å². The molecule has 0 aromatic carbocycles. The fourth-order valence-electron chi connectivity index (χ4n) is 1.62. The van der Waals surface area contributed by atoms with E-state index in [1.807, 2.05) is 0 Å². The molecule has 5 nitrogen and oxygen atoms in total. The fraction of sp³-hybridized carbons (Fsp3) is 1.00. The Morgan fingerprint density at radius 3 is 2.69 bits per heavy atom. The van der Waals surface area contributed by atoms with E-state index >= 15 is 0 Å². The summed E-state index contributed by atoms with van der Waals surface area (Å²) in [5.41, 5.74) is 0. The molecule has 96 valence electrons. The van der Waals surface area contributed by atoms with Gasteiger partial charge in [0.25, 0.3) is 0 Å².